The van der Waals surface area contributed by atoms with E-state index in [1.807, 2.05) is 6.07 Å². The number of ether oxygens (including phenoxy) is 1. The van der Waals surface area contributed by atoms with Crippen molar-refractivity contribution in [2.24, 2.45) is 10.7 Å². The molecule has 10 nitrogen and oxygen atoms in total. The predicted octanol–water partition coefficient (Wildman–Crippen LogP) is 3.94. The molecule has 0 bridgehead atoms. The number of hydrogen-bond acceptors (Lipinski definition) is 6. The van der Waals surface area contributed by atoms with Gasteiger partial charge in [0.25, 0.3) is 0 Å². The summed E-state index contributed by atoms with van der Waals surface area (Å²) in [6.07, 6.45) is -0.732. The Morgan fingerprint density at radius 1 is 0.944 bits per heavy atom. The van der Waals surface area contributed by atoms with Gasteiger partial charge >= 0.3 is 12.1 Å². The average Bonchev–Trinajstić information content (AvgIpc) is 2.89. The van der Waals surface area contributed by atoms with Crippen molar-refractivity contribution in [1.82, 2.24) is 10.6 Å². The molecule has 0 aliphatic rings. The van der Waals surface area contributed by atoms with Crippen molar-refractivity contribution in [2.45, 2.75) is 23.1 Å². The molecule has 0 radical (unpaired) electrons. The first-order valence-electron chi connectivity index (χ1n) is 10.8. The third-order valence-corrected chi connectivity index (χ3v) is 6.19. The van der Waals surface area contributed by atoms with Gasteiger partial charge in [-0.15, -0.1) is 0 Å². The smallest absolute Gasteiger partial charge is 0.413 e. The number of benzene rings is 3. The number of rotatable bonds is 6. The van der Waals surface area contributed by atoms with Crippen molar-refractivity contribution < 1.29 is 23.3 Å². The first kappa shape index (κ1) is 26.1. The lowest BCUT2D eigenvalue weighted by Crippen LogP contribution is -2.43. The molecular formula is C25H25N5O5S. The number of nitrogens with two attached hydrogens (primary N) is 1. The Hall–Kier alpha value is -4.51. The number of aliphatic imine (C=N–C) groups is 1. The normalized spacial score (nSPS) is 11.8. The fourth-order valence-corrected chi connectivity index (χ4v) is 4.20. The maximum atomic E-state index is 13.2. The van der Waals surface area contributed by atoms with E-state index >= 15 is 0 Å². The van der Waals surface area contributed by atoms with Gasteiger partial charge in [0.2, 0.25) is 11.9 Å². The fourth-order valence-electron chi connectivity index (χ4n) is 3.11. The summed E-state index contributed by atoms with van der Waals surface area (Å²) in [7, 11) is -0.407. The molecule has 1 atom stereocenters. The van der Waals surface area contributed by atoms with Gasteiger partial charge in [-0.2, -0.15) is 0 Å². The maximum absolute atomic E-state index is 13.2. The first-order chi connectivity index (χ1) is 17.3. The van der Waals surface area contributed by atoms with Crippen LogP contribution in [0.3, 0.4) is 0 Å². The standard InChI is InChI=1S/C25H25N5O5S/c1-3-22(31)28-24(29-25(33)35-2)27-20-15-14-19(36(34)18-12-8-5-9-13-18)16-21(20)30(23(26)32)17-10-6-4-7-11-17/h4-16H,3H2,1-2H3,(H2,26,32)(H2,27,28,29,31,33). The van der Waals surface area contributed by atoms with Crippen LogP contribution in [0.2, 0.25) is 0 Å². The lowest BCUT2D eigenvalue weighted by Gasteiger charge is -2.23. The zero-order chi connectivity index (χ0) is 26.1. The number of hydrogen-bond donors (Lipinski definition) is 3. The molecule has 3 aromatic rings. The van der Waals surface area contributed by atoms with Gasteiger partial charge in [-0.25, -0.2) is 18.8 Å². The van der Waals surface area contributed by atoms with E-state index in [1.54, 1.807) is 67.6 Å². The van der Waals surface area contributed by atoms with Crippen LogP contribution in [0.4, 0.5) is 26.7 Å². The Morgan fingerprint density at radius 3 is 2.17 bits per heavy atom. The first-order valence-corrected chi connectivity index (χ1v) is 12.0. The van der Waals surface area contributed by atoms with Crippen molar-refractivity contribution in [3.63, 3.8) is 0 Å². The fraction of sp³-hybridized carbons (Fsp3) is 0.120. The number of para-hydroxylation sites is 1. The quantitative estimate of drug-likeness (QED) is 0.342. The summed E-state index contributed by atoms with van der Waals surface area (Å²) in [4.78, 5) is 43.0. The van der Waals surface area contributed by atoms with Crippen LogP contribution in [0.15, 0.2) is 93.6 Å². The summed E-state index contributed by atoms with van der Waals surface area (Å²) < 4.78 is 17.9. The minimum absolute atomic E-state index is 0.126. The molecule has 0 saturated heterocycles. The molecule has 0 heterocycles. The van der Waals surface area contributed by atoms with E-state index in [1.165, 1.54) is 17.0 Å². The number of primary amides is 1. The van der Waals surface area contributed by atoms with Gasteiger partial charge in [-0.05, 0) is 42.5 Å². The molecule has 0 aliphatic heterocycles. The number of nitrogens with zero attached hydrogens (tertiary/aromatic N) is 2. The summed E-state index contributed by atoms with van der Waals surface area (Å²) in [5.41, 5.74) is 6.53. The number of anilines is 2. The number of urea groups is 1. The molecule has 36 heavy (non-hydrogen) atoms. The second kappa shape index (κ2) is 12.3. The minimum atomic E-state index is -1.57. The lowest BCUT2D eigenvalue weighted by molar-refractivity contribution is -0.119. The van der Waals surface area contributed by atoms with Gasteiger partial charge in [0, 0.05) is 16.2 Å². The molecule has 11 heteroatoms. The molecule has 4 amide bonds. The third-order valence-electron chi connectivity index (χ3n) is 4.81. The van der Waals surface area contributed by atoms with Crippen LogP contribution in [0.1, 0.15) is 13.3 Å². The molecule has 0 spiro atoms. The molecule has 0 aromatic heterocycles. The van der Waals surface area contributed by atoms with Crippen LogP contribution < -0.4 is 21.3 Å². The highest BCUT2D eigenvalue weighted by molar-refractivity contribution is 7.85. The van der Waals surface area contributed by atoms with E-state index in [2.05, 4.69) is 20.4 Å². The highest BCUT2D eigenvalue weighted by atomic mass is 32.2. The van der Waals surface area contributed by atoms with Gasteiger partial charge in [-0.3, -0.25) is 20.3 Å². The minimum Gasteiger partial charge on any atom is -0.453 e. The summed E-state index contributed by atoms with van der Waals surface area (Å²) in [5.74, 6) is -0.632. The number of alkyl carbamates (subject to hydrolysis) is 1. The number of guanidine groups is 1. The Kier molecular flexibility index (Phi) is 8.89. The zero-order valence-electron chi connectivity index (χ0n) is 19.6. The van der Waals surface area contributed by atoms with E-state index in [4.69, 9.17) is 5.73 Å². The summed E-state index contributed by atoms with van der Waals surface area (Å²) >= 11 is 0. The van der Waals surface area contributed by atoms with E-state index in [0.717, 1.165) is 7.11 Å². The molecular weight excluding hydrogens is 482 g/mol. The van der Waals surface area contributed by atoms with Crippen LogP contribution in [0, 0.1) is 0 Å². The van der Waals surface area contributed by atoms with Gasteiger partial charge in [0.05, 0.1) is 35.0 Å². The number of amides is 4. The Bertz CT molecular complexity index is 1280. The van der Waals surface area contributed by atoms with Crippen molar-refractivity contribution in [2.75, 3.05) is 12.0 Å². The second-order valence-corrected chi connectivity index (χ2v) is 8.70. The number of carbonyl (C=O) groups is 3. The largest absolute Gasteiger partial charge is 0.453 e. The molecule has 186 valence electrons. The second-order valence-electron chi connectivity index (χ2n) is 7.22. The van der Waals surface area contributed by atoms with E-state index in [0.29, 0.717) is 15.5 Å². The van der Waals surface area contributed by atoms with E-state index < -0.39 is 28.8 Å². The number of nitrogens with one attached hydrogen (secondary N) is 2. The predicted molar refractivity (Wildman–Crippen MR) is 137 cm³/mol. The lowest BCUT2D eigenvalue weighted by atomic mass is 10.2. The topological polar surface area (TPSA) is 143 Å². The van der Waals surface area contributed by atoms with Crippen LogP contribution in [0.5, 0.6) is 0 Å². The van der Waals surface area contributed by atoms with Gasteiger partial charge in [0.15, 0.2) is 0 Å². The molecule has 0 fully saturated rings. The Balaban J connectivity index is 2.20. The molecule has 3 aromatic carbocycles. The SMILES string of the molecule is CCC(=O)NC(=Nc1ccc(S(=O)c2ccccc2)cc1N(C(N)=O)c1ccccc1)NC(=O)OC. The van der Waals surface area contributed by atoms with E-state index in [9.17, 15) is 18.6 Å². The maximum Gasteiger partial charge on any atom is 0.413 e. The van der Waals surface area contributed by atoms with E-state index in [-0.39, 0.29) is 23.8 Å². The molecule has 0 aliphatic carbocycles. The highest BCUT2D eigenvalue weighted by Crippen LogP contribution is 2.36. The summed E-state index contributed by atoms with van der Waals surface area (Å²) in [6, 6.07) is 21.2. The zero-order valence-corrected chi connectivity index (χ0v) is 20.5. The molecule has 1 unspecified atom stereocenters. The number of carbonyl (C=O) groups excluding carboxylic acids is 3. The molecule has 0 saturated carbocycles. The van der Waals surface area contributed by atoms with Crippen LogP contribution in [-0.2, 0) is 20.3 Å². The van der Waals surface area contributed by atoms with Crippen LogP contribution in [0.25, 0.3) is 0 Å². The highest BCUT2D eigenvalue weighted by Gasteiger charge is 2.22. The monoisotopic (exact) mass is 507 g/mol. The van der Waals surface area contributed by atoms with Gasteiger partial charge < -0.3 is 10.5 Å². The Labute approximate surface area is 210 Å². The summed E-state index contributed by atoms with van der Waals surface area (Å²) in [5, 5.41) is 4.82. The summed E-state index contributed by atoms with van der Waals surface area (Å²) in [6.45, 7) is 1.63. The van der Waals surface area contributed by atoms with Crippen molar-refractivity contribution >= 4 is 51.9 Å². The van der Waals surface area contributed by atoms with Crippen molar-refractivity contribution in [1.29, 1.82) is 0 Å². The third kappa shape index (κ3) is 6.54. The molecule has 3 rings (SSSR count). The molecule has 4 N–H and O–H groups in total. The van der Waals surface area contributed by atoms with Crippen LogP contribution in [-0.4, -0.2) is 35.3 Å². The number of methoxy groups -OCH3 is 1. The van der Waals surface area contributed by atoms with Crippen molar-refractivity contribution in [3.05, 3.63) is 78.9 Å². The van der Waals surface area contributed by atoms with Gasteiger partial charge in [0.1, 0.15) is 0 Å². The average molecular weight is 508 g/mol. The Morgan fingerprint density at radius 2 is 1.58 bits per heavy atom. The van der Waals surface area contributed by atoms with Gasteiger partial charge in [-0.1, -0.05) is 43.3 Å². The van der Waals surface area contributed by atoms with Crippen molar-refractivity contribution in [3.8, 4) is 0 Å². The van der Waals surface area contributed by atoms with Crippen LogP contribution >= 0.6 is 0 Å².